The predicted octanol–water partition coefficient (Wildman–Crippen LogP) is 3.89. The molecule has 90 valence electrons. The van der Waals surface area contributed by atoms with E-state index in [9.17, 15) is 9.18 Å². The molecular weight excluding hydrogens is 241 g/mol. The summed E-state index contributed by atoms with van der Waals surface area (Å²) in [7, 11) is 0. The van der Waals surface area contributed by atoms with Gasteiger partial charge in [0.05, 0.1) is 10.6 Å². The summed E-state index contributed by atoms with van der Waals surface area (Å²) in [6.45, 7) is 1.86. The minimum absolute atomic E-state index is 0.0888. The van der Waals surface area contributed by atoms with Crippen LogP contribution in [0.3, 0.4) is 0 Å². The zero-order valence-electron chi connectivity index (χ0n) is 9.59. The highest BCUT2D eigenvalue weighted by Gasteiger charge is 2.39. The van der Waals surface area contributed by atoms with Crippen LogP contribution >= 0.6 is 11.6 Å². The lowest BCUT2D eigenvalue weighted by Crippen LogP contribution is -2.21. The number of isocyanates is 1. The van der Waals surface area contributed by atoms with E-state index in [1.807, 2.05) is 6.92 Å². The predicted molar refractivity (Wildman–Crippen MR) is 64.4 cm³/mol. The summed E-state index contributed by atoms with van der Waals surface area (Å²) in [5.41, 5.74) is 0.864. The van der Waals surface area contributed by atoms with Gasteiger partial charge in [-0.3, -0.25) is 0 Å². The Hall–Kier alpha value is -1.18. The molecule has 0 aliphatic heterocycles. The van der Waals surface area contributed by atoms with Gasteiger partial charge in [-0.05, 0) is 31.4 Å². The Morgan fingerprint density at radius 2 is 2.06 bits per heavy atom. The SMILES string of the molecule is Cc1ccc(F)c(Cl)c1C1(N=C=O)CCCC1. The third kappa shape index (κ3) is 2.01. The minimum Gasteiger partial charge on any atom is -0.211 e. The first-order valence-electron chi connectivity index (χ1n) is 5.65. The highest BCUT2D eigenvalue weighted by molar-refractivity contribution is 6.31. The second-order valence-electron chi connectivity index (χ2n) is 4.50. The maximum absolute atomic E-state index is 13.6. The van der Waals surface area contributed by atoms with Crippen molar-refractivity contribution in [2.24, 2.45) is 4.99 Å². The normalized spacial score (nSPS) is 17.8. The Balaban J connectivity index is 2.65. The Bertz CT molecular complexity index is 488. The fourth-order valence-electron chi connectivity index (χ4n) is 2.68. The van der Waals surface area contributed by atoms with E-state index in [-0.39, 0.29) is 5.02 Å². The monoisotopic (exact) mass is 253 g/mol. The molecule has 0 N–H and O–H groups in total. The van der Waals surface area contributed by atoms with Crippen molar-refractivity contribution < 1.29 is 9.18 Å². The quantitative estimate of drug-likeness (QED) is 0.581. The third-order valence-corrected chi connectivity index (χ3v) is 3.83. The van der Waals surface area contributed by atoms with E-state index < -0.39 is 11.4 Å². The lowest BCUT2D eigenvalue weighted by Gasteiger charge is -2.26. The fourth-order valence-corrected chi connectivity index (χ4v) is 3.07. The Kier molecular flexibility index (Phi) is 3.32. The highest BCUT2D eigenvalue weighted by atomic mass is 35.5. The van der Waals surface area contributed by atoms with Crippen LogP contribution in [-0.4, -0.2) is 6.08 Å². The second-order valence-corrected chi connectivity index (χ2v) is 4.87. The van der Waals surface area contributed by atoms with Gasteiger partial charge in [-0.1, -0.05) is 30.5 Å². The van der Waals surface area contributed by atoms with Gasteiger partial charge in [0.25, 0.3) is 0 Å². The van der Waals surface area contributed by atoms with Gasteiger partial charge in [0.2, 0.25) is 6.08 Å². The molecule has 1 aliphatic rings. The Labute approximate surface area is 105 Å². The number of carbonyl (C=O) groups excluding carboxylic acids is 1. The van der Waals surface area contributed by atoms with Crippen molar-refractivity contribution >= 4 is 17.7 Å². The lowest BCUT2D eigenvalue weighted by atomic mass is 9.85. The van der Waals surface area contributed by atoms with Crippen LogP contribution < -0.4 is 0 Å². The number of hydrogen-bond donors (Lipinski definition) is 0. The van der Waals surface area contributed by atoms with E-state index in [1.165, 1.54) is 6.07 Å². The molecule has 1 aliphatic carbocycles. The summed E-state index contributed by atoms with van der Waals surface area (Å²) in [5.74, 6) is -0.459. The summed E-state index contributed by atoms with van der Waals surface area (Å²) in [6, 6.07) is 3.02. The summed E-state index contributed by atoms with van der Waals surface area (Å²) >= 11 is 6.04. The first-order chi connectivity index (χ1) is 8.10. The molecule has 1 aromatic carbocycles. The summed E-state index contributed by atoms with van der Waals surface area (Å²) in [5, 5.41) is 0.0888. The standard InChI is InChI=1S/C13H13ClFNO/c1-9-4-5-10(15)12(14)11(9)13(16-8-17)6-2-3-7-13/h4-5H,2-3,6-7H2,1H3. The molecule has 1 aromatic rings. The van der Waals surface area contributed by atoms with Crippen molar-refractivity contribution in [1.29, 1.82) is 0 Å². The molecule has 0 atom stereocenters. The zero-order valence-corrected chi connectivity index (χ0v) is 10.4. The van der Waals surface area contributed by atoms with Crippen LogP contribution in [0.5, 0.6) is 0 Å². The first-order valence-corrected chi connectivity index (χ1v) is 6.03. The van der Waals surface area contributed by atoms with Gasteiger partial charge in [-0.25, -0.2) is 9.18 Å². The van der Waals surface area contributed by atoms with E-state index in [0.717, 1.165) is 31.2 Å². The van der Waals surface area contributed by atoms with Crippen LogP contribution in [-0.2, 0) is 10.3 Å². The van der Waals surface area contributed by atoms with E-state index in [1.54, 1.807) is 12.1 Å². The van der Waals surface area contributed by atoms with Crippen LogP contribution in [0.25, 0.3) is 0 Å². The summed E-state index contributed by atoms with van der Waals surface area (Å²) in [6.07, 6.45) is 5.01. The van der Waals surface area contributed by atoms with Gasteiger partial charge in [-0.15, -0.1) is 0 Å². The van der Waals surface area contributed by atoms with Crippen LogP contribution in [0.4, 0.5) is 4.39 Å². The molecule has 0 aromatic heterocycles. The number of aryl methyl sites for hydroxylation is 1. The molecule has 0 unspecified atom stereocenters. The van der Waals surface area contributed by atoms with Gasteiger partial charge in [0, 0.05) is 5.56 Å². The number of aliphatic imine (C=N–C) groups is 1. The number of benzene rings is 1. The number of nitrogens with zero attached hydrogens (tertiary/aromatic N) is 1. The second kappa shape index (κ2) is 4.59. The number of hydrogen-bond acceptors (Lipinski definition) is 2. The van der Waals surface area contributed by atoms with Gasteiger partial charge >= 0.3 is 0 Å². The van der Waals surface area contributed by atoms with Crippen molar-refractivity contribution in [3.63, 3.8) is 0 Å². The largest absolute Gasteiger partial charge is 0.235 e. The minimum atomic E-state index is -0.662. The van der Waals surface area contributed by atoms with E-state index >= 15 is 0 Å². The van der Waals surface area contributed by atoms with Crippen LogP contribution in [0, 0.1) is 12.7 Å². The molecule has 0 bridgehead atoms. The molecule has 1 saturated carbocycles. The third-order valence-electron chi connectivity index (χ3n) is 3.46. The topological polar surface area (TPSA) is 29.4 Å². The first kappa shape index (κ1) is 12.3. The van der Waals surface area contributed by atoms with Crippen LogP contribution in [0.1, 0.15) is 36.8 Å². The summed E-state index contributed by atoms with van der Waals surface area (Å²) in [4.78, 5) is 14.5. The van der Waals surface area contributed by atoms with Crippen LogP contribution in [0.2, 0.25) is 5.02 Å². The maximum Gasteiger partial charge on any atom is 0.235 e. The van der Waals surface area contributed by atoms with Gasteiger partial charge < -0.3 is 0 Å². The lowest BCUT2D eigenvalue weighted by molar-refractivity contribution is 0.450. The molecule has 4 heteroatoms. The smallest absolute Gasteiger partial charge is 0.211 e. The van der Waals surface area contributed by atoms with Crippen LogP contribution in [0.15, 0.2) is 17.1 Å². The molecule has 0 radical (unpaired) electrons. The Morgan fingerprint density at radius 1 is 1.41 bits per heavy atom. The highest BCUT2D eigenvalue weighted by Crippen LogP contribution is 2.46. The number of halogens is 2. The molecule has 0 amide bonds. The maximum atomic E-state index is 13.6. The van der Waals surface area contributed by atoms with Gasteiger partial charge in [0.15, 0.2) is 0 Å². The molecule has 0 heterocycles. The molecule has 17 heavy (non-hydrogen) atoms. The van der Waals surface area contributed by atoms with Crippen molar-refractivity contribution in [2.45, 2.75) is 38.1 Å². The number of rotatable bonds is 2. The van der Waals surface area contributed by atoms with Crippen molar-refractivity contribution in [1.82, 2.24) is 0 Å². The molecule has 1 fully saturated rings. The average molecular weight is 254 g/mol. The van der Waals surface area contributed by atoms with Gasteiger partial charge in [-0.2, -0.15) is 4.99 Å². The van der Waals surface area contributed by atoms with Crippen molar-refractivity contribution in [3.8, 4) is 0 Å². The molecule has 0 saturated heterocycles. The summed E-state index contributed by atoms with van der Waals surface area (Å²) < 4.78 is 13.6. The van der Waals surface area contributed by atoms with Crippen molar-refractivity contribution in [3.05, 3.63) is 34.1 Å². The van der Waals surface area contributed by atoms with E-state index in [4.69, 9.17) is 11.6 Å². The van der Waals surface area contributed by atoms with E-state index in [0.29, 0.717) is 5.56 Å². The zero-order chi connectivity index (χ0) is 12.5. The van der Waals surface area contributed by atoms with E-state index in [2.05, 4.69) is 4.99 Å². The average Bonchev–Trinajstić information content (AvgIpc) is 2.74. The van der Waals surface area contributed by atoms with Crippen molar-refractivity contribution in [2.75, 3.05) is 0 Å². The Morgan fingerprint density at radius 3 is 2.65 bits per heavy atom. The molecule has 2 nitrogen and oxygen atoms in total. The molecular formula is C13H13ClFNO. The molecule has 0 spiro atoms. The fraction of sp³-hybridized carbons (Fsp3) is 0.462. The molecule has 2 rings (SSSR count). The van der Waals surface area contributed by atoms with Gasteiger partial charge in [0.1, 0.15) is 5.82 Å².